The summed E-state index contributed by atoms with van der Waals surface area (Å²) in [4.78, 5) is 12.2. The van der Waals surface area contributed by atoms with Gasteiger partial charge in [0.25, 0.3) is 0 Å². The van der Waals surface area contributed by atoms with Gasteiger partial charge in [0.15, 0.2) is 0 Å². The Morgan fingerprint density at radius 2 is 1.95 bits per heavy atom. The zero-order chi connectivity index (χ0) is 13.8. The largest absolute Gasteiger partial charge is 0.354 e. The zero-order valence-corrected chi connectivity index (χ0v) is 12.9. The Balaban J connectivity index is 2.24. The van der Waals surface area contributed by atoms with Crippen molar-refractivity contribution in [2.45, 2.75) is 13.8 Å². The van der Waals surface area contributed by atoms with Crippen molar-refractivity contribution in [1.82, 2.24) is 15.0 Å². The van der Waals surface area contributed by atoms with Gasteiger partial charge in [-0.15, -0.1) is 0 Å². The molecule has 19 heavy (non-hydrogen) atoms. The minimum absolute atomic E-state index is 0.152. The molecule has 0 aliphatic heterocycles. The summed E-state index contributed by atoms with van der Waals surface area (Å²) in [5.74, 6) is 0.864. The van der Waals surface area contributed by atoms with E-state index >= 15 is 0 Å². The number of halogens is 2. The first-order chi connectivity index (χ1) is 9.08. The lowest BCUT2D eigenvalue weighted by Crippen LogP contribution is -2.06. The van der Waals surface area contributed by atoms with Gasteiger partial charge in [0.1, 0.15) is 0 Å². The maximum Gasteiger partial charge on any atom is 0.233 e. The monoisotopic (exact) mass is 341 g/mol. The van der Waals surface area contributed by atoms with E-state index in [9.17, 15) is 0 Å². The molecular weight excluding hydrogens is 330 g/mol. The fraction of sp³-hybridized carbons (Fsp3) is 0.250. The summed E-state index contributed by atoms with van der Waals surface area (Å²) in [5, 5.41) is 6.25. The van der Waals surface area contributed by atoms with E-state index in [-0.39, 0.29) is 5.28 Å². The molecule has 0 saturated heterocycles. The second-order valence-electron chi connectivity index (χ2n) is 3.87. The molecule has 1 aromatic carbocycles. The molecule has 0 radical (unpaired) electrons. The zero-order valence-electron chi connectivity index (χ0n) is 10.5. The van der Waals surface area contributed by atoms with Crippen LogP contribution in [-0.2, 0) is 0 Å². The maximum atomic E-state index is 5.86. The van der Waals surface area contributed by atoms with Gasteiger partial charge in [-0.2, -0.15) is 15.0 Å². The quantitative estimate of drug-likeness (QED) is 0.885. The van der Waals surface area contributed by atoms with Crippen molar-refractivity contribution < 1.29 is 0 Å². The Morgan fingerprint density at radius 1 is 1.21 bits per heavy atom. The maximum absolute atomic E-state index is 5.86. The molecule has 0 unspecified atom stereocenters. The Kier molecular flexibility index (Phi) is 4.55. The molecule has 7 heteroatoms. The third-order valence-electron chi connectivity index (χ3n) is 2.37. The van der Waals surface area contributed by atoms with Crippen LogP contribution in [0.15, 0.2) is 22.7 Å². The lowest BCUT2D eigenvalue weighted by molar-refractivity contribution is 1.02. The number of hydrogen-bond acceptors (Lipinski definition) is 5. The molecule has 0 amide bonds. The van der Waals surface area contributed by atoms with Crippen LogP contribution in [0.2, 0.25) is 5.28 Å². The van der Waals surface area contributed by atoms with Gasteiger partial charge in [0, 0.05) is 16.7 Å². The average Bonchev–Trinajstić information content (AvgIpc) is 2.33. The van der Waals surface area contributed by atoms with Crippen LogP contribution in [0.4, 0.5) is 17.6 Å². The summed E-state index contributed by atoms with van der Waals surface area (Å²) in [7, 11) is 0. The Bertz CT molecular complexity index is 590. The highest BCUT2D eigenvalue weighted by Crippen LogP contribution is 2.23. The van der Waals surface area contributed by atoms with Crippen molar-refractivity contribution in [3.8, 4) is 0 Å². The number of nitrogens with zero attached hydrogens (tertiary/aromatic N) is 3. The van der Waals surface area contributed by atoms with E-state index in [0.29, 0.717) is 11.9 Å². The Morgan fingerprint density at radius 3 is 2.63 bits per heavy atom. The Hall–Kier alpha value is -1.40. The molecule has 0 bridgehead atoms. The van der Waals surface area contributed by atoms with E-state index < -0.39 is 0 Å². The number of aromatic nitrogens is 3. The smallest absolute Gasteiger partial charge is 0.233 e. The highest BCUT2D eigenvalue weighted by atomic mass is 79.9. The van der Waals surface area contributed by atoms with Crippen molar-refractivity contribution in [3.63, 3.8) is 0 Å². The molecule has 0 spiro atoms. The molecule has 0 fully saturated rings. The van der Waals surface area contributed by atoms with Crippen LogP contribution in [0.3, 0.4) is 0 Å². The molecule has 5 nitrogen and oxygen atoms in total. The lowest BCUT2D eigenvalue weighted by Gasteiger charge is -2.08. The minimum atomic E-state index is 0.152. The van der Waals surface area contributed by atoms with Crippen molar-refractivity contribution in [1.29, 1.82) is 0 Å². The van der Waals surface area contributed by atoms with E-state index in [2.05, 4.69) is 41.5 Å². The standard InChI is InChI=1S/C12H13BrClN5/c1-3-15-11-17-10(14)18-12(19-11)16-8-5-4-7(2)9(13)6-8/h4-6H,3H2,1-2H3,(H2,15,16,17,18,19). The molecule has 0 aliphatic rings. The van der Waals surface area contributed by atoms with Crippen LogP contribution < -0.4 is 10.6 Å². The van der Waals surface area contributed by atoms with Gasteiger partial charge in [-0.25, -0.2) is 0 Å². The number of aryl methyl sites for hydroxylation is 1. The predicted octanol–water partition coefficient (Wildman–Crippen LogP) is 3.77. The molecule has 0 atom stereocenters. The van der Waals surface area contributed by atoms with Gasteiger partial charge in [-0.3, -0.25) is 0 Å². The molecule has 2 N–H and O–H groups in total. The summed E-state index contributed by atoms with van der Waals surface area (Å²) in [6, 6.07) is 5.91. The average molecular weight is 343 g/mol. The Labute approximate surface area is 125 Å². The van der Waals surface area contributed by atoms with Crippen LogP contribution in [0.25, 0.3) is 0 Å². The van der Waals surface area contributed by atoms with Crippen LogP contribution >= 0.6 is 27.5 Å². The van der Waals surface area contributed by atoms with Gasteiger partial charge in [-0.1, -0.05) is 22.0 Å². The highest BCUT2D eigenvalue weighted by molar-refractivity contribution is 9.10. The van der Waals surface area contributed by atoms with Gasteiger partial charge in [-0.05, 0) is 43.1 Å². The van der Waals surface area contributed by atoms with Crippen molar-refractivity contribution in [2.24, 2.45) is 0 Å². The van der Waals surface area contributed by atoms with Crippen LogP contribution in [-0.4, -0.2) is 21.5 Å². The van der Waals surface area contributed by atoms with Gasteiger partial charge < -0.3 is 10.6 Å². The van der Waals surface area contributed by atoms with E-state index in [1.807, 2.05) is 32.0 Å². The summed E-state index contributed by atoms with van der Waals surface area (Å²) in [6.07, 6.45) is 0. The second kappa shape index (κ2) is 6.16. The third kappa shape index (κ3) is 3.78. The van der Waals surface area contributed by atoms with Crippen molar-refractivity contribution in [3.05, 3.63) is 33.5 Å². The van der Waals surface area contributed by atoms with Crippen LogP contribution in [0.1, 0.15) is 12.5 Å². The molecule has 2 aromatic rings. The third-order valence-corrected chi connectivity index (χ3v) is 3.39. The summed E-state index contributed by atoms with van der Waals surface area (Å²) in [5.41, 5.74) is 2.04. The number of hydrogen-bond donors (Lipinski definition) is 2. The topological polar surface area (TPSA) is 62.7 Å². The van der Waals surface area contributed by atoms with Crippen LogP contribution in [0.5, 0.6) is 0 Å². The fourth-order valence-electron chi connectivity index (χ4n) is 1.44. The van der Waals surface area contributed by atoms with E-state index in [4.69, 9.17) is 11.6 Å². The van der Waals surface area contributed by atoms with Gasteiger partial charge in [0.05, 0.1) is 0 Å². The first kappa shape index (κ1) is 14.0. The predicted molar refractivity (Wildman–Crippen MR) is 81.2 cm³/mol. The first-order valence-corrected chi connectivity index (χ1v) is 6.94. The minimum Gasteiger partial charge on any atom is -0.354 e. The summed E-state index contributed by atoms with van der Waals surface area (Å²) < 4.78 is 1.02. The number of anilines is 3. The first-order valence-electron chi connectivity index (χ1n) is 5.77. The van der Waals surface area contributed by atoms with E-state index in [1.54, 1.807) is 0 Å². The number of rotatable bonds is 4. The van der Waals surface area contributed by atoms with E-state index in [0.717, 1.165) is 22.3 Å². The molecule has 1 heterocycles. The molecule has 100 valence electrons. The van der Waals surface area contributed by atoms with Gasteiger partial charge in [0.2, 0.25) is 17.2 Å². The normalized spacial score (nSPS) is 10.3. The summed E-state index contributed by atoms with van der Waals surface area (Å²) in [6.45, 7) is 4.70. The molecule has 1 aromatic heterocycles. The summed E-state index contributed by atoms with van der Waals surface area (Å²) >= 11 is 9.34. The molecule has 2 rings (SSSR count). The lowest BCUT2D eigenvalue weighted by atomic mass is 10.2. The second-order valence-corrected chi connectivity index (χ2v) is 5.06. The molecule has 0 aliphatic carbocycles. The number of nitrogens with one attached hydrogen (secondary N) is 2. The van der Waals surface area contributed by atoms with Crippen LogP contribution in [0, 0.1) is 6.92 Å². The SMILES string of the molecule is CCNc1nc(Cl)nc(Nc2ccc(C)c(Br)c2)n1. The molecule has 0 saturated carbocycles. The molecular formula is C12H13BrClN5. The van der Waals surface area contributed by atoms with Gasteiger partial charge >= 0.3 is 0 Å². The number of benzene rings is 1. The van der Waals surface area contributed by atoms with E-state index in [1.165, 1.54) is 0 Å². The van der Waals surface area contributed by atoms with Crippen molar-refractivity contribution >= 4 is 45.1 Å². The van der Waals surface area contributed by atoms with Crippen molar-refractivity contribution in [2.75, 3.05) is 17.2 Å². The highest BCUT2D eigenvalue weighted by Gasteiger charge is 2.05. The fourth-order valence-corrected chi connectivity index (χ4v) is 1.98.